The number of H-pyrrole nitrogens is 1. The summed E-state index contributed by atoms with van der Waals surface area (Å²) in [5.41, 5.74) is 10.8. The number of aromatic amines is 1. The van der Waals surface area contributed by atoms with Gasteiger partial charge in [0.25, 0.3) is 0 Å². The fraction of sp³-hybridized carbons (Fsp3) is 0. The minimum atomic E-state index is 0.000000000000000222. The lowest BCUT2D eigenvalue weighted by Crippen LogP contribution is -1.89. The van der Waals surface area contributed by atoms with E-state index < -0.39 is 0 Å². The molecule has 0 spiro atoms. The number of hydrogen-bond acceptors (Lipinski definition) is 3. The Morgan fingerprint density at radius 1 is 1.50 bits per heavy atom. The number of aromatic nitrogens is 1. The van der Waals surface area contributed by atoms with E-state index in [2.05, 4.69) is 4.98 Å². The summed E-state index contributed by atoms with van der Waals surface area (Å²) in [6.45, 7) is 0. The average molecular weight is 113 g/mol. The van der Waals surface area contributed by atoms with Gasteiger partial charge in [0, 0.05) is 6.07 Å². The molecular formula is C4H7N3O. The van der Waals surface area contributed by atoms with Gasteiger partial charge in [-0.2, -0.15) is 0 Å². The molecular weight excluding hydrogens is 106 g/mol. The number of hydrogen-bond donors (Lipinski definition) is 4. The minimum absolute atomic E-state index is 0.000000000000000222. The van der Waals surface area contributed by atoms with Crippen LogP contribution in [0.4, 0.5) is 11.5 Å². The van der Waals surface area contributed by atoms with Gasteiger partial charge in [-0.1, -0.05) is 0 Å². The van der Waals surface area contributed by atoms with Crippen molar-refractivity contribution < 1.29 is 5.11 Å². The van der Waals surface area contributed by atoms with Gasteiger partial charge >= 0.3 is 0 Å². The van der Waals surface area contributed by atoms with Crippen LogP contribution in [0.5, 0.6) is 5.88 Å². The zero-order chi connectivity index (χ0) is 6.15. The van der Waals surface area contributed by atoms with E-state index in [-0.39, 0.29) is 5.88 Å². The van der Waals surface area contributed by atoms with Crippen molar-refractivity contribution in [3.8, 4) is 5.88 Å². The van der Waals surface area contributed by atoms with E-state index in [1.165, 1.54) is 6.07 Å². The van der Waals surface area contributed by atoms with Crippen LogP contribution in [0.15, 0.2) is 6.07 Å². The van der Waals surface area contributed by atoms with Crippen molar-refractivity contribution in [2.24, 2.45) is 0 Å². The van der Waals surface area contributed by atoms with E-state index in [1.54, 1.807) is 0 Å². The van der Waals surface area contributed by atoms with Gasteiger partial charge in [-0.3, -0.25) is 0 Å². The second-order valence-corrected chi connectivity index (χ2v) is 1.52. The molecule has 0 aliphatic carbocycles. The molecule has 0 saturated heterocycles. The van der Waals surface area contributed by atoms with Crippen molar-refractivity contribution in [3.05, 3.63) is 6.07 Å². The quantitative estimate of drug-likeness (QED) is 0.378. The molecule has 1 aromatic heterocycles. The molecule has 0 bridgehead atoms. The van der Waals surface area contributed by atoms with E-state index in [9.17, 15) is 0 Å². The fourth-order valence-electron chi connectivity index (χ4n) is 0.471. The van der Waals surface area contributed by atoms with Crippen molar-refractivity contribution >= 4 is 11.5 Å². The first-order valence-corrected chi connectivity index (χ1v) is 2.13. The SMILES string of the molecule is Nc1cc(O)[nH]c1N. The number of anilines is 2. The second-order valence-electron chi connectivity index (χ2n) is 1.52. The summed E-state index contributed by atoms with van der Waals surface area (Å²) in [4.78, 5) is 2.42. The van der Waals surface area contributed by atoms with Gasteiger partial charge in [-0.05, 0) is 0 Å². The predicted molar refractivity (Wildman–Crippen MR) is 31.3 cm³/mol. The molecule has 0 aliphatic rings. The van der Waals surface area contributed by atoms with Gasteiger partial charge in [0.1, 0.15) is 5.82 Å². The zero-order valence-electron chi connectivity index (χ0n) is 4.18. The Bertz CT molecular complexity index is 174. The standard InChI is InChI=1S/C4H7N3O/c5-2-1-3(8)7-4(2)6/h1,7-8H,5-6H2. The molecule has 0 aliphatic heterocycles. The van der Waals surface area contributed by atoms with Crippen molar-refractivity contribution in [2.45, 2.75) is 0 Å². The first-order chi connectivity index (χ1) is 3.70. The number of nitrogens with two attached hydrogens (primary N) is 2. The third-order valence-electron chi connectivity index (χ3n) is 0.866. The molecule has 0 radical (unpaired) electrons. The highest BCUT2D eigenvalue weighted by Crippen LogP contribution is 2.18. The smallest absolute Gasteiger partial charge is 0.192 e. The average Bonchev–Trinajstić information content (AvgIpc) is 1.85. The van der Waals surface area contributed by atoms with Gasteiger partial charge in [0.15, 0.2) is 5.88 Å². The van der Waals surface area contributed by atoms with Crippen molar-refractivity contribution in [2.75, 3.05) is 11.5 Å². The van der Waals surface area contributed by atoms with Gasteiger partial charge in [-0.25, -0.2) is 0 Å². The summed E-state index contributed by atoms with van der Waals surface area (Å²) < 4.78 is 0. The Balaban J connectivity index is 3.14. The first-order valence-electron chi connectivity index (χ1n) is 2.13. The van der Waals surface area contributed by atoms with Crippen molar-refractivity contribution in [1.82, 2.24) is 4.98 Å². The summed E-state index contributed by atoms with van der Waals surface area (Å²) in [5, 5.41) is 8.62. The molecule has 0 aromatic carbocycles. The van der Waals surface area contributed by atoms with Crippen LogP contribution in [0.25, 0.3) is 0 Å². The van der Waals surface area contributed by atoms with Gasteiger partial charge in [0.05, 0.1) is 5.69 Å². The highest BCUT2D eigenvalue weighted by atomic mass is 16.3. The third-order valence-corrected chi connectivity index (χ3v) is 0.866. The summed E-state index contributed by atoms with van der Waals surface area (Å²) in [6, 6.07) is 1.36. The Morgan fingerprint density at radius 3 is 2.25 bits per heavy atom. The van der Waals surface area contributed by atoms with Crippen LogP contribution in [0, 0.1) is 0 Å². The fourth-order valence-corrected chi connectivity index (χ4v) is 0.471. The lowest BCUT2D eigenvalue weighted by Gasteiger charge is -1.82. The van der Waals surface area contributed by atoms with Crippen LogP contribution < -0.4 is 11.5 Å². The third kappa shape index (κ3) is 0.556. The van der Waals surface area contributed by atoms with Crippen LogP contribution in [0.1, 0.15) is 0 Å². The molecule has 0 unspecified atom stereocenters. The molecule has 0 saturated carbocycles. The largest absolute Gasteiger partial charge is 0.494 e. The summed E-state index contributed by atoms with van der Waals surface area (Å²) in [7, 11) is 0. The topological polar surface area (TPSA) is 88.1 Å². The molecule has 1 rings (SSSR count). The molecule has 4 heteroatoms. The van der Waals surface area contributed by atoms with Crippen LogP contribution >= 0.6 is 0 Å². The van der Waals surface area contributed by atoms with E-state index >= 15 is 0 Å². The molecule has 1 aromatic rings. The van der Waals surface area contributed by atoms with Crippen LogP contribution in [-0.2, 0) is 0 Å². The van der Waals surface area contributed by atoms with Crippen LogP contribution in [0.3, 0.4) is 0 Å². The normalized spacial score (nSPS) is 9.50. The Labute approximate surface area is 46.1 Å². The van der Waals surface area contributed by atoms with Crippen LogP contribution in [0.2, 0.25) is 0 Å². The lowest BCUT2D eigenvalue weighted by molar-refractivity contribution is 0.458. The minimum Gasteiger partial charge on any atom is -0.494 e. The Kier molecular flexibility index (Phi) is 0.802. The van der Waals surface area contributed by atoms with Crippen LogP contribution in [-0.4, -0.2) is 10.1 Å². The Hall–Kier alpha value is -1.32. The second kappa shape index (κ2) is 1.33. The zero-order valence-corrected chi connectivity index (χ0v) is 4.18. The van der Waals surface area contributed by atoms with E-state index in [0.717, 1.165) is 0 Å². The summed E-state index contributed by atoms with van der Waals surface area (Å²) in [6.07, 6.45) is 0. The number of nitrogens with one attached hydrogen (secondary N) is 1. The Morgan fingerprint density at radius 2 is 2.12 bits per heavy atom. The summed E-state index contributed by atoms with van der Waals surface area (Å²) >= 11 is 0. The molecule has 8 heavy (non-hydrogen) atoms. The monoisotopic (exact) mass is 113 g/mol. The maximum Gasteiger partial charge on any atom is 0.192 e. The summed E-state index contributed by atoms with van der Waals surface area (Å²) in [5.74, 6) is 0.308. The maximum absolute atomic E-state index is 8.62. The molecule has 1 heterocycles. The molecule has 4 nitrogen and oxygen atoms in total. The van der Waals surface area contributed by atoms with Crippen molar-refractivity contribution in [1.29, 1.82) is 0 Å². The lowest BCUT2D eigenvalue weighted by atomic mass is 10.5. The van der Waals surface area contributed by atoms with E-state index in [0.29, 0.717) is 11.5 Å². The van der Waals surface area contributed by atoms with Gasteiger partial charge < -0.3 is 21.6 Å². The predicted octanol–water partition coefficient (Wildman–Crippen LogP) is -0.115. The van der Waals surface area contributed by atoms with E-state index in [1.807, 2.05) is 0 Å². The number of nitrogen functional groups attached to an aromatic ring is 2. The molecule has 44 valence electrons. The van der Waals surface area contributed by atoms with Gasteiger partial charge in [0.2, 0.25) is 0 Å². The van der Waals surface area contributed by atoms with E-state index in [4.69, 9.17) is 16.6 Å². The molecule has 0 fully saturated rings. The molecule has 0 atom stereocenters. The maximum atomic E-state index is 8.62. The first kappa shape index (κ1) is 4.83. The number of rotatable bonds is 0. The van der Waals surface area contributed by atoms with Gasteiger partial charge in [-0.15, -0.1) is 0 Å². The molecule has 0 amide bonds. The highest BCUT2D eigenvalue weighted by Gasteiger charge is 1.96. The number of aromatic hydroxyl groups is 1. The van der Waals surface area contributed by atoms with Crippen molar-refractivity contribution in [3.63, 3.8) is 0 Å². The highest BCUT2D eigenvalue weighted by molar-refractivity contribution is 5.61. The molecule has 6 N–H and O–H groups in total.